The molecule has 3 aromatic rings. The van der Waals surface area contributed by atoms with E-state index in [4.69, 9.17) is 0 Å². The molecule has 1 atom stereocenters. The number of halogens is 5. The number of alkyl halides is 5. The minimum atomic E-state index is -4.73. The number of para-hydroxylation sites is 1. The summed E-state index contributed by atoms with van der Waals surface area (Å²) in [5.74, 6) is -5.63. The molecule has 2 N–H and O–H groups in total. The molecule has 0 bridgehead atoms. The lowest BCUT2D eigenvalue weighted by Crippen LogP contribution is -2.45. The number of amides is 1. The van der Waals surface area contributed by atoms with Crippen molar-refractivity contribution in [2.24, 2.45) is 0 Å². The molecular formula is C25H25F5N6O3. The van der Waals surface area contributed by atoms with Gasteiger partial charge in [-0.3, -0.25) is 19.5 Å². The van der Waals surface area contributed by atoms with Gasteiger partial charge in [0.25, 0.3) is 11.8 Å². The van der Waals surface area contributed by atoms with E-state index in [2.05, 4.69) is 20.4 Å². The van der Waals surface area contributed by atoms with Crippen molar-refractivity contribution in [1.29, 1.82) is 0 Å². The number of pyridine rings is 1. The van der Waals surface area contributed by atoms with E-state index >= 15 is 0 Å². The zero-order valence-corrected chi connectivity index (χ0v) is 20.5. The Morgan fingerprint density at radius 3 is 2.54 bits per heavy atom. The number of likely N-dealkylation sites (tertiary alicyclic amines) is 1. The molecule has 208 valence electrons. The summed E-state index contributed by atoms with van der Waals surface area (Å²) in [4.78, 5) is 34.2. The van der Waals surface area contributed by atoms with Gasteiger partial charge in [-0.15, -0.1) is 5.10 Å². The molecule has 1 aromatic carbocycles. The van der Waals surface area contributed by atoms with Crippen molar-refractivity contribution in [3.8, 4) is 17.2 Å². The molecule has 9 nitrogen and oxygen atoms in total. The number of carboxylic acid groups (broad SMARTS) is 1. The second-order valence-electron chi connectivity index (χ2n) is 9.19. The van der Waals surface area contributed by atoms with Crippen LogP contribution >= 0.6 is 0 Å². The third-order valence-electron chi connectivity index (χ3n) is 6.16. The quantitative estimate of drug-likeness (QED) is 0.385. The Morgan fingerprint density at radius 1 is 1.13 bits per heavy atom. The van der Waals surface area contributed by atoms with Crippen LogP contribution in [0.15, 0.2) is 48.7 Å². The SMILES string of the molecule is O=C(O)C[C@H](CCN1CCCC(F)(F)C1)NC(=O)c1nc(-c2ccccn2)n(-c2ccccc2C(F)(F)F)n1. The molecule has 1 aliphatic rings. The van der Waals surface area contributed by atoms with E-state index in [0.717, 1.165) is 10.7 Å². The molecule has 2 aromatic heterocycles. The monoisotopic (exact) mass is 552 g/mol. The summed E-state index contributed by atoms with van der Waals surface area (Å²) < 4.78 is 69.6. The second-order valence-corrected chi connectivity index (χ2v) is 9.19. The van der Waals surface area contributed by atoms with Crippen molar-refractivity contribution >= 4 is 11.9 Å². The van der Waals surface area contributed by atoms with Gasteiger partial charge < -0.3 is 10.4 Å². The minimum Gasteiger partial charge on any atom is -0.481 e. The molecule has 0 aliphatic carbocycles. The molecule has 1 fully saturated rings. The summed E-state index contributed by atoms with van der Waals surface area (Å²) in [5.41, 5.74) is -1.25. The normalized spacial score (nSPS) is 16.5. The summed E-state index contributed by atoms with van der Waals surface area (Å²) in [6.07, 6.45) is -3.70. The number of aliphatic carboxylic acids is 1. The number of carbonyl (C=O) groups is 2. The maximum Gasteiger partial charge on any atom is 0.418 e. The van der Waals surface area contributed by atoms with Gasteiger partial charge in [0.15, 0.2) is 5.82 Å². The molecule has 1 saturated heterocycles. The lowest BCUT2D eigenvalue weighted by molar-refractivity contribution is -0.138. The smallest absolute Gasteiger partial charge is 0.418 e. The Labute approximate surface area is 219 Å². The fourth-order valence-corrected chi connectivity index (χ4v) is 4.40. The third kappa shape index (κ3) is 7.13. The number of nitrogens with one attached hydrogen (secondary N) is 1. The van der Waals surface area contributed by atoms with E-state index in [1.807, 2.05) is 0 Å². The standard InChI is InChI=1S/C25H25F5N6O3/c26-24(27)10-5-12-35(15-24)13-9-16(14-20(37)38)32-23(39)21-33-22(18-7-3-4-11-31-18)36(34-21)19-8-2-1-6-17(19)25(28,29)30/h1-4,6-8,11,16H,5,9-10,12-15H2,(H,32,39)(H,37,38)/t16-/m0/s1. The average Bonchev–Trinajstić information content (AvgIpc) is 3.32. The number of carboxylic acids is 1. The fourth-order valence-electron chi connectivity index (χ4n) is 4.40. The zero-order valence-electron chi connectivity index (χ0n) is 20.5. The Morgan fingerprint density at radius 2 is 1.87 bits per heavy atom. The van der Waals surface area contributed by atoms with Crippen LogP contribution in [0.2, 0.25) is 0 Å². The van der Waals surface area contributed by atoms with Gasteiger partial charge in [-0.2, -0.15) is 13.2 Å². The van der Waals surface area contributed by atoms with Gasteiger partial charge in [-0.1, -0.05) is 18.2 Å². The predicted molar refractivity (Wildman–Crippen MR) is 128 cm³/mol. The Bertz CT molecular complexity index is 1320. The van der Waals surface area contributed by atoms with Crippen molar-refractivity contribution in [2.75, 3.05) is 19.6 Å². The van der Waals surface area contributed by atoms with E-state index in [1.165, 1.54) is 35.4 Å². The van der Waals surface area contributed by atoms with E-state index in [1.54, 1.807) is 12.1 Å². The maximum atomic E-state index is 13.8. The lowest BCUT2D eigenvalue weighted by atomic mass is 10.1. The molecular weight excluding hydrogens is 527 g/mol. The highest BCUT2D eigenvalue weighted by atomic mass is 19.4. The van der Waals surface area contributed by atoms with Gasteiger partial charge in [-0.05, 0) is 43.7 Å². The average molecular weight is 553 g/mol. The van der Waals surface area contributed by atoms with Crippen molar-refractivity contribution in [3.05, 3.63) is 60.0 Å². The van der Waals surface area contributed by atoms with E-state index < -0.39 is 54.4 Å². The third-order valence-corrected chi connectivity index (χ3v) is 6.16. The summed E-state index contributed by atoms with van der Waals surface area (Å²) in [7, 11) is 0. The molecule has 14 heteroatoms. The number of nitrogens with zero attached hydrogens (tertiary/aromatic N) is 5. The number of carbonyl (C=O) groups excluding carboxylic acids is 1. The second kappa shape index (κ2) is 11.4. The highest BCUT2D eigenvalue weighted by Crippen LogP contribution is 2.35. The molecule has 1 amide bonds. The number of rotatable bonds is 9. The van der Waals surface area contributed by atoms with Crippen molar-refractivity contribution < 1.29 is 36.6 Å². The largest absolute Gasteiger partial charge is 0.481 e. The molecule has 0 unspecified atom stereocenters. The van der Waals surface area contributed by atoms with Crippen LogP contribution in [-0.2, 0) is 11.0 Å². The highest BCUT2D eigenvalue weighted by Gasteiger charge is 2.36. The highest BCUT2D eigenvalue weighted by molar-refractivity contribution is 5.91. The van der Waals surface area contributed by atoms with E-state index in [0.29, 0.717) is 13.0 Å². The molecule has 0 saturated carbocycles. The van der Waals surface area contributed by atoms with Crippen LogP contribution in [0.3, 0.4) is 0 Å². The molecule has 1 aliphatic heterocycles. The Kier molecular flexibility index (Phi) is 8.23. The van der Waals surface area contributed by atoms with E-state index in [-0.39, 0.29) is 36.6 Å². The van der Waals surface area contributed by atoms with Crippen molar-refractivity contribution in [2.45, 2.75) is 43.8 Å². The first-order valence-corrected chi connectivity index (χ1v) is 12.1. The van der Waals surface area contributed by atoms with Crippen LogP contribution in [-0.4, -0.2) is 73.2 Å². The first kappa shape index (κ1) is 28.1. The van der Waals surface area contributed by atoms with Crippen LogP contribution < -0.4 is 5.32 Å². The van der Waals surface area contributed by atoms with Crippen LogP contribution in [0.25, 0.3) is 17.2 Å². The molecule has 3 heterocycles. The first-order chi connectivity index (χ1) is 18.4. The van der Waals surface area contributed by atoms with Crippen LogP contribution in [0.1, 0.15) is 41.9 Å². The van der Waals surface area contributed by atoms with Crippen molar-refractivity contribution in [3.63, 3.8) is 0 Å². The van der Waals surface area contributed by atoms with Gasteiger partial charge in [-0.25, -0.2) is 18.4 Å². The molecule has 0 radical (unpaired) electrons. The topological polar surface area (TPSA) is 113 Å². The van der Waals surface area contributed by atoms with Gasteiger partial charge in [0.2, 0.25) is 5.82 Å². The van der Waals surface area contributed by atoms with E-state index in [9.17, 15) is 36.6 Å². The van der Waals surface area contributed by atoms with Crippen molar-refractivity contribution in [1.82, 2.24) is 30.0 Å². The molecule has 4 rings (SSSR count). The number of hydrogen-bond acceptors (Lipinski definition) is 6. The number of hydrogen-bond donors (Lipinski definition) is 2. The molecule has 39 heavy (non-hydrogen) atoms. The summed E-state index contributed by atoms with van der Waals surface area (Å²) in [6.45, 7) is 0.0773. The van der Waals surface area contributed by atoms with Gasteiger partial charge >= 0.3 is 12.1 Å². The van der Waals surface area contributed by atoms with Gasteiger partial charge in [0, 0.05) is 25.2 Å². The number of benzene rings is 1. The Balaban J connectivity index is 1.62. The summed E-state index contributed by atoms with van der Waals surface area (Å²) in [6, 6.07) is 8.34. The van der Waals surface area contributed by atoms with Gasteiger partial charge in [0.1, 0.15) is 5.69 Å². The fraction of sp³-hybridized carbons (Fsp3) is 0.400. The summed E-state index contributed by atoms with van der Waals surface area (Å²) >= 11 is 0. The number of aromatic nitrogens is 4. The molecule has 0 spiro atoms. The maximum absolute atomic E-state index is 13.8. The van der Waals surface area contributed by atoms with Crippen LogP contribution in [0.5, 0.6) is 0 Å². The zero-order chi connectivity index (χ0) is 28.2. The number of piperidine rings is 1. The predicted octanol–water partition coefficient (Wildman–Crippen LogP) is 4.04. The Hall–Kier alpha value is -3.94. The first-order valence-electron chi connectivity index (χ1n) is 12.1. The lowest BCUT2D eigenvalue weighted by Gasteiger charge is -2.33. The van der Waals surface area contributed by atoms with Crippen LogP contribution in [0.4, 0.5) is 22.0 Å². The van der Waals surface area contributed by atoms with Gasteiger partial charge in [0.05, 0.1) is 24.2 Å². The minimum absolute atomic E-state index is 0.0544. The summed E-state index contributed by atoms with van der Waals surface area (Å²) in [5, 5.41) is 15.8. The van der Waals surface area contributed by atoms with Crippen LogP contribution in [0, 0.1) is 0 Å².